The average molecular weight is 209 g/mol. The fourth-order valence-corrected chi connectivity index (χ4v) is 3.58. The van der Waals surface area contributed by atoms with Gasteiger partial charge in [0.2, 0.25) is 0 Å². The first-order valence-electron chi connectivity index (χ1n) is 6.94. The van der Waals surface area contributed by atoms with Gasteiger partial charge in [0.05, 0.1) is 0 Å². The highest BCUT2D eigenvalue weighted by molar-refractivity contribution is 4.97. The molecule has 2 fully saturated rings. The third kappa shape index (κ3) is 2.55. The molecule has 0 aromatic rings. The van der Waals surface area contributed by atoms with Crippen LogP contribution in [-0.2, 0) is 0 Å². The quantitative estimate of drug-likeness (QED) is 0.749. The molecule has 0 bridgehead atoms. The van der Waals surface area contributed by atoms with E-state index in [1.54, 1.807) is 0 Å². The lowest BCUT2D eigenvalue weighted by molar-refractivity contribution is 0.278. The van der Waals surface area contributed by atoms with Crippen LogP contribution in [-0.4, -0.2) is 12.1 Å². The molecule has 2 aliphatic rings. The van der Waals surface area contributed by atoms with Crippen molar-refractivity contribution >= 4 is 0 Å². The molecule has 88 valence electrons. The number of fused-ring (bicyclic) bond motifs is 1. The Balaban J connectivity index is 1.86. The minimum absolute atomic E-state index is 0.820. The lowest BCUT2D eigenvalue weighted by Crippen LogP contribution is -2.33. The van der Waals surface area contributed by atoms with Crippen molar-refractivity contribution in [3.8, 4) is 0 Å². The smallest absolute Gasteiger partial charge is 0.0101 e. The Morgan fingerprint density at radius 2 is 1.93 bits per heavy atom. The Morgan fingerprint density at radius 1 is 1.20 bits per heavy atom. The molecule has 1 N–H and O–H groups in total. The van der Waals surface area contributed by atoms with Crippen LogP contribution < -0.4 is 5.32 Å². The number of nitrogens with one attached hydrogen (secondary N) is 1. The summed E-state index contributed by atoms with van der Waals surface area (Å²) < 4.78 is 0. The molecule has 0 amide bonds. The third-order valence-corrected chi connectivity index (χ3v) is 4.61. The zero-order valence-corrected chi connectivity index (χ0v) is 10.6. The zero-order valence-electron chi connectivity index (χ0n) is 10.6. The summed E-state index contributed by atoms with van der Waals surface area (Å²) in [6.07, 6.45) is 8.64. The van der Waals surface area contributed by atoms with Crippen LogP contribution in [0.1, 0.15) is 59.3 Å². The molecular weight excluding hydrogens is 182 g/mol. The van der Waals surface area contributed by atoms with E-state index in [1.807, 2.05) is 0 Å². The molecule has 2 unspecified atom stereocenters. The van der Waals surface area contributed by atoms with Gasteiger partial charge in [0, 0.05) is 12.1 Å². The molecule has 1 saturated heterocycles. The summed E-state index contributed by atoms with van der Waals surface area (Å²) in [5.41, 5.74) is 0. The van der Waals surface area contributed by atoms with Crippen LogP contribution in [0.2, 0.25) is 0 Å². The van der Waals surface area contributed by atoms with Crippen molar-refractivity contribution in [3.63, 3.8) is 0 Å². The molecule has 4 atom stereocenters. The molecular formula is C14H27N. The van der Waals surface area contributed by atoms with Crippen LogP contribution in [0.25, 0.3) is 0 Å². The first kappa shape index (κ1) is 11.4. The van der Waals surface area contributed by atoms with Gasteiger partial charge in [0.1, 0.15) is 0 Å². The molecule has 2 rings (SSSR count). The van der Waals surface area contributed by atoms with Crippen molar-refractivity contribution in [2.75, 3.05) is 0 Å². The largest absolute Gasteiger partial charge is 0.311 e. The molecule has 15 heavy (non-hydrogen) atoms. The van der Waals surface area contributed by atoms with Gasteiger partial charge in [0.15, 0.2) is 0 Å². The topological polar surface area (TPSA) is 12.0 Å². The van der Waals surface area contributed by atoms with E-state index in [4.69, 9.17) is 0 Å². The van der Waals surface area contributed by atoms with E-state index < -0.39 is 0 Å². The van der Waals surface area contributed by atoms with E-state index in [0.29, 0.717) is 0 Å². The fraction of sp³-hybridized carbons (Fsp3) is 1.00. The molecule has 1 aliphatic heterocycles. The molecule has 1 saturated carbocycles. The Morgan fingerprint density at radius 3 is 2.60 bits per heavy atom. The minimum Gasteiger partial charge on any atom is -0.311 e. The Hall–Kier alpha value is -0.0400. The van der Waals surface area contributed by atoms with Crippen LogP contribution in [0, 0.1) is 17.8 Å². The van der Waals surface area contributed by atoms with E-state index in [0.717, 1.165) is 29.8 Å². The summed E-state index contributed by atoms with van der Waals surface area (Å²) in [4.78, 5) is 0. The van der Waals surface area contributed by atoms with Crippen LogP contribution in [0.15, 0.2) is 0 Å². The van der Waals surface area contributed by atoms with Gasteiger partial charge in [-0.05, 0) is 43.4 Å². The second kappa shape index (κ2) is 4.86. The van der Waals surface area contributed by atoms with Crippen molar-refractivity contribution in [1.29, 1.82) is 0 Å². The second-order valence-corrected chi connectivity index (χ2v) is 6.16. The lowest BCUT2D eigenvalue weighted by atomic mass is 9.78. The summed E-state index contributed by atoms with van der Waals surface area (Å²) in [7, 11) is 0. The summed E-state index contributed by atoms with van der Waals surface area (Å²) in [6, 6.07) is 1.69. The van der Waals surface area contributed by atoms with Crippen molar-refractivity contribution in [3.05, 3.63) is 0 Å². The van der Waals surface area contributed by atoms with Crippen LogP contribution in [0.5, 0.6) is 0 Å². The maximum atomic E-state index is 3.90. The second-order valence-electron chi connectivity index (χ2n) is 6.16. The van der Waals surface area contributed by atoms with E-state index in [2.05, 4.69) is 26.1 Å². The highest BCUT2D eigenvalue weighted by Crippen LogP contribution is 2.38. The van der Waals surface area contributed by atoms with Crippen LogP contribution >= 0.6 is 0 Å². The van der Waals surface area contributed by atoms with Gasteiger partial charge in [-0.3, -0.25) is 0 Å². The van der Waals surface area contributed by atoms with Gasteiger partial charge >= 0.3 is 0 Å². The molecule has 0 aromatic heterocycles. The van der Waals surface area contributed by atoms with Crippen LogP contribution in [0.3, 0.4) is 0 Å². The van der Waals surface area contributed by atoms with E-state index in [1.165, 1.54) is 38.5 Å². The predicted molar refractivity (Wildman–Crippen MR) is 65.9 cm³/mol. The van der Waals surface area contributed by atoms with E-state index in [9.17, 15) is 0 Å². The molecule has 1 nitrogen and oxygen atoms in total. The first-order valence-corrected chi connectivity index (χ1v) is 6.94. The van der Waals surface area contributed by atoms with Gasteiger partial charge in [0.25, 0.3) is 0 Å². The number of rotatable bonds is 3. The van der Waals surface area contributed by atoms with Crippen molar-refractivity contribution < 1.29 is 0 Å². The molecule has 0 radical (unpaired) electrons. The minimum atomic E-state index is 0.820. The number of hydrogen-bond donors (Lipinski definition) is 1. The Labute approximate surface area is 95.0 Å². The highest BCUT2D eigenvalue weighted by Gasteiger charge is 2.40. The normalized spacial score (nSPS) is 40.8. The standard InChI is InChI=1S/C14H27N/c1-10(2)8-9-13-11(3)12-6-4-5-7-14(12)15-13/h10-15H,4-9H2,1-3H3/t11-,12?,13?,14+/m0/s1. The average Bonchev–Trinajstić information content (AvgIpc) is 2.54. The summed E-state index contributed by atoms with van der Waals surface area (Å²) in [6.45, 7) is 7.16. The van der Waals surface area contributed by atoms with Crippen molar-refractivity contribution in [1.82, 2.24) is 5.32 Å². The van der Waals surface area contributed by atoms with Crippen molar-refractivity contribution in [2.24, 2.45) is 17.8 Å². The first-order chi connectivity index (χ1) is 7.18. The molecule has 0 aromatic carbocycles. The SMILES string of the molecule is CC(C)CCC1N[C@@H]2CCCCC2[C@@H]1C. The Bertz CT molecular complexity index is 200. The molecule has 0 spiro atoms. The maximum absolute atomic E-state index is 3.90. The summed E-state index contributed by atoms with van der Waals surface area (Å²) >= 11 is 0. The Kier molecular flexibility index (Phi) is 3.71. The van der Waals surface area contributed by atoms with Gasteiger partial charge < -0.3 is 5.32 Å². The van der Waals surface area contributed by atoms with Gasteiger partial charge in [-0.2, -0.15) is 0 Å². The van der Waals surface area contributed by atoms with Crippen molar-refractivity contribution in [2.45, 2.75) is 71.4 Å². The highest BCUT2D eigenvalue weighted by atomic mass is 15.0. The van der Waals surface area contributed by atoms with Gasteiger partial charge in [-0.15, -0.1) is 0 Å². The van der Waals surface area contributed by atoms with Gasteiger partial charge in [-0.1, -0.05) is 33.6 Å². The zero-order chi connectivity index (χ0) is 10.8. The summed E-state index contributed by atoms with van der Waals surface area (Å²) in [5, 5.41) is 3.90. The fourth-order valence-electron chi connectivity index (χ4n) is 3.58. The molecule has 1 aliphatic carbocycles. The number of hydrogen-bond acceptors (Lipinski definition) is 1. The van der Waals surface area contributed by atoms with Crippen LogP contribution in [0.4, 0.5) is 0 Å². The maximum Gasteiger partial charge on any atom is 0.0101 e. The van der Waals surface area contributed by atoms with E-state index in [-0.39, 0.29) is 0 Å². The monoisotopic (exact) mass is 209 g/mol. The van der Waals surface area contributed by atoms with E-state index >= 15 is 0 Å². The summed E-state index contributed by atoms with van der Waals surface area (Å²) in [5.74, 6) is 2.78. The third-order valence-electron chi connectivity index (χ3n) is 4.61. The lowest BCUT2D eigenvalue weighted by Gasteiger charge is -2.26. The predicted octanol–water partition coefficient (Wildman–Crippen LogP) is 3.59. The van der Waals surface area contributed by atoms with Gasteiger partial charge in [-0.25, -0.2) is 0 Å². The molecule has 1 heterocycles. The molecule has 1 heteroatoms.